The maximum absolute atomic E-state index is 12.7. The molecule has 0 fully saturated rings. The zero-order chi connectivity index (χ0) is 15.0. The Morgan fingerprint density at radius 3 is 2.95 bits per heavy atom. The van der Waals surface area contributed by atoms with Crippen molar-refractivity contribution >= 4 is 27.3 Å². The number of nitrogens with one attached hydrogen (secondary N) is 1. The number of aromatic nitrogens is 4. The number of hydrogen-bond donors (Lipinski definition) is 1. The molecule has 110 valence electrons. The maximum Gasteiger partial charge on any atom is 0.262 e. The third-order valence-corrected chi connectivity index (χ3v) is 5.23. The van der Waals surface area contributed by atoms with E-state index in [1.165, 1.54) is 15.8 Å². The van der Waals surface area contributed by atoms with Crippen LogP contribution in [-0.2, 0) is 16.6 Å². The van der Waals surface area contributed by atoms with Gasteiger partial charge >= 0.3 is 0 Å². The molecule has 0 amide bonds. The Hall–Kier alpha value is -1.90. The number of sulfonamides is 1. The third kappa shape index (κ3) is 2.41. The minimum atomic E-state index is -3.79. The van der Waals surface area contributed by atoms with E-state index in [9.17, 15) is 8.42 Å². The van der Waals surface area contributed by atoms with E-state index in [1.54, 1.807) is 36.8 Å². The highest BCUT2D eigenvalue weighted by Crippen LogP contribution is 2.25. The fraction of sp³-hybridized carbons (Fsp3) is 0.167. The molecule has 3 aromatic rings. The third-order valence-electron chi connectivity index (χ3n) is 3.03. The normalized spacial score (nSPS) is 12.3. The molecular formula is C12H12ClN5O2S. The van der Waals surface area contributed by atoms with Crippen molar-refractivity contribution in [3.05, 3.63) is 47.8 Å². The number of fused-ring (bicyclic) bond motifs is 1. The number of aromatic amines is 1. The van der Waals surface area contributed by atoms with E-state index in [-0.39, 0.29) is 16.7 Å². The second-order valence-electron chi connectivity index (χ2n) is 4.43. The fourth-order valence-corrected chi connectivity index (χ4v) is 3.72. The Morgan fingerprint density at radius 2 is 2.24 bits per heavy atom. The predicted octanol–water partition coefficient (Wildman–Crippen LogP) is 1.53. The van der Waals surface area contributed by atoms with Gasteiger partial charge in [-0.25, -0.2) is 18.4 Å². The minimum absolute atomic E-state index is 0.0474. The molecule has 0 saturated heterocycles. The molecule has 0 aliphatic carbocycles. The van der Waals surface area contributed by atoms with E-state index >= 15 is 0 Å². The predicted molar refractivity (Wildman–Crippen MR) is 77.4 cm³/mol. The van der Waals surface area contributed by atoms with Crippen LogP contribution in [0.5, 0.6) is 0 Å². The molecule has 0 bridgehead atoms. The summed E-state index contributed by atoms with van der Waals surface area (Å²) in [7, 11) is -2.32. The molecule has 0 atom stereocenters. The quantitative estimate of drug-likeness (QED) is 0.788. The van der Waals surface area contributed by atoms with Crippen molar-refractivity contribution in [3.63, 3.8) is 0 Å². The molecule has 0 aliphatic rings. The smallest absolute Gasteiger partial charge is 0.262 e. The monoisotopic (exact) mass is 325 g/mol. The van der Waals surface area contributed by atoms with E-state index in [0.717, 1.165) is 0 Å². The van der Waals surface area contributed by atoms with Crippen molar-refractivity contribution in [3.8, 4) is 0 Å². The largest absolute Gasteiger partial charge is 0.347 e. The van der Waals surface area contributed by atoms with Crippen LogP contribution in [0.1, 0.15) is 5.82 Å². The van der Waals surface area contributed by atoms with Gasteiger partial charge in [0.15, 0.2) is 10.2 Å². The summed E-state index contributed by atoms with van der Waals surface area (Å²) in [4.78, 5) is 10.9. The summed E-state index contributed by atoms with van der Waals surface area (Å²) in [5, 5.41) is -0.0960. The van der Waals surface area contributed by atoms with Gasteiger partial charge in [-0.2, -0.15) is 4.31 Å². The van der Waals surface area contributed by atoms with Gasteiger partial charge < -0.3 is 4.98 Å². The topological polar surface area (TPSA) is 83.4 Å². The van der Waals surface area contributed by atoms with Crippen molar-refractivity contribution in [1.82, 2.24) is 23.7 Å². The number of imidazole rings is 2. The Bertz CT molecular complexity index is 872. The van der Waals surface area contributed by atoms with Gasteiger partial charge in [0.1, 0.15) is 11.5 Å². The van der Waals surface area contributed by atoms with Crippen LogP contribution in [0.15, 0.2) is 41.8 Å². The van der Waals surface area contributed by atoms with Gasteiger partial charge in [0.05, 0.1) is 6.54 Å². The number of nitrogens with zero attached hydrogens (tertiary/aromatic N) is 4. The molecule has 0 spiro atoms. The Labute approximate surface area is 126 Å². The molecule has 0 aromatic carbocycles. The Kier molecular flexibility index (Phi) is 3.44. The average molecular weight is 326 g/mol. The Balaban J connectivity index is 2.06. The van der Waals surface area contributed by atoms with Gasteiger partial charge in [-0.3, -0.25) is 4.40 Å². The van der Waals surface area contributed by atoms with Crippen molar-refractivity contribution < 1.29 is 8.42 Å². The summed E-state index contributed by atoms with van der Waals surface area (Å²) >= 11 is 6.02. The van der Waals surface area contributed by atoms with Crippen LogP contribution < -0.4 is 0 Å². The molecule has 3 rings (SSSR count). The van der Waals surface area contributed by atoms with Gasteiger partial charge in [0.2, 0.25) is 0 Å². The zero-order valence-electron chi connectivity index (χ0n) is 11.1. The van der Waals surface area contributed by atoms with E-state index in [1.807, 2.05) is 0 Å². The lowest BCUT2D eigenvalue weighted by Gasteiger charge is -2.15. The molecule has 0 aliphatic heterocycles. The first kappa shape index (κ1) is 14.1. The fourth-order valence-electron chi connectivity index (χ4n) is 2.00. The SMILES string of the molecule is CN(Cc1ncc[nH]1)S(=O)(=O)c1c(Cl)nc2ccccn12. The minimum Gasteiger partial charge on any atom is -0.347 e. The van der Waals surface area contributed by atoms with E-state index in [2.05, 4.69) is 15.0 Å². The van der Waals surface area contributed by atoms with Crippen LogP contribution in [0, 0.1) is 0 Å². The second kappa shape index (κ2) is 5.14. The number of rotatable bonds is 4. The second-order valence-corrected chi connectivity index (χ2v) is 6.75. The number of pyridine rings is 1. The zero-order valence-corrected chi connectivity index (χ0v) is 12.6. The van der Waals surface area contributed by atoms with Crippen LogP contribution >= 0.6 is 11.6 Å². The van der Waals surface area contributed by atoms with E-state index in [0.29, 0.717) is 11.5 Å². The lowest BCUT2D eigenvalue weighted by molar-refractivity contribution is 0.455. The van der Waals surface area contributed by atoms with Crippen molar-refractivity contribution in [1.29, 1.82) is 0 Å². The highest BCUT2D eigenvalue weighted by Gasteiger charge is 2.29. The first-order valence-electron chi connectivity index (χ1n) is 6.07. The molecule has 3 aromatic heterocycles. The summed E-state index contributed by atoms with van der Waals surface area (Å²) in [6.07, 6.45) is 4.82. The van der Waals surface area contributed by atoms with Gasteiger partial charge in [0.25, 0.3) is 10.0 Å². The summed E-state index contributed by atoms with van der Waals surface area (Å²) in [5.74, 6) is 0.547. The first-order chi connectivity index (χ1) is 10.00. The van der Waals surface area contributed by atoms with Gasteiger partial charge in [0, 0.05) is 25.6 Å². The number of halogens is 1. The first-order valence-corrected chi connectivity index (χ1v) is 7.89. The van der Waals surface area contributed by atoms with E-state index < -0.39 is 10.0 Å². The summed E-state index contributed by atoms with van der Waals surface area (Å²) in [5.41, 5.74) is 0.479. The van der Waals surface area contributed by atoms with Gasteiger partial charge in [-0.15, -0.1) is 0 Å². The van der Waals surface area contributed by atoms with E-state index in [4.69, 9.17) is 11.6 Å². The molecule has 0 unspecified atom stereocenters. The Morgan fingerprint density at radius 1 is 1.43 bits per heavy atom. The molecule has 9 heteroatoms. The van der Waals surface area contributed by atoms with Crippen LogP contribution in [-0.4, -0.2) is 39.1 Å². The van der Waals surface area contributed by atoms with Crippen LogP contribution in [0.4, 0.5) is 0 Å². The number of hydrogen-bond acceptors (Lipinski definition) is 4. The molecule has 3 heterocycles. The number of H-pyrrole nitrogens is 1. The van der Waals surface area contributed by atoms with Gasteiger partial charge in [-0.05, 0) is 12.1 Å². The molecule has 7 nitrogen and oxygen atoms in total. The summed E-state index contributed by atoms with van der Waals surface area (Å²) < 4.78 is 28.0. The molecule has 0 saturated carbocycles. The van der Waals surface area contributed by atoms with Crippen molar-refractivity contribution in [2.75, 3.05) is 7.05 Å². The molecule has 0 radical (unpaired) electrons. The highest BCUT2D eigenvalue weighted by atomic mass is 35.5. The molecular weight excluding hydrogens is 314 g/mol. The average Bonchev–Trinajstić information content (AvgIpc) is 3.04. The summed E-state index contributed by atoms with van der Waals surface area (Å²) in [6, 6.07) is 5.18. The lowest BCUT2D eigenvalue weighted by Crippen LogP contribution is -2.28. The standard InChI is InChI=1S/C12H12ClN5O2S/c1-17(8-9-14-5-6-15-9)21(19,20)12-11(13)16-10-4-2-3-7-18(10)12/h2-7H,8H2,1H3,(H,14,15). The van der Waals surface area contributed by atoms with Gasteiger partial charge in [-0.1, -0.05) is 17.7 Å². The molecule has 21 heavy (non-hydrogen) atoms. The highest BCUT2D eigenvalue weighted by molar-refractivity contribution is 7.89. The summed E-state index contributed by atoms with van der Waals surface area (Å²) in [6.45, 7) is 0.117. The lowest BCUT2D eigenvalue weighted by atomic mass is 10.5. The van der Waals surface area contributed by atoms with Crippen LogP contribution in [0.3, 0.4) is 0 Å². The molecule has 1 N–H and O–H groups in total. The van der Waals surface area contributed by atoms with Crippen molar-refractivity contribution in [2.24, 2.45) is 0 Å². The maximum atomic E-state index is 12.7. The van der Waals surface area contributed by atoms with Crippen LogP contribution in [0.2, 0.25) is 5.15 Å². The van der Waals surface area contributed by atoms with Crippen molar-refractivity contribution in [2.45, 2.75) is 11.6 Å². The van der Waals surface area contributed by atoms with Crippen LogP contribution in [0.25, 0.3) is 5.65 Å².